The first-order valence-electron chi connectivity index (χ1n) is 10.7. The normalized spacial score (nSPS) is 23.6. The summed E-state index contributed by atoms with van der Waals surface area (Å²) in [6.45, 7) is 1.58. The molecule has 5 rings (SSSR count). The lowest BCUT2D eigenvalue weighted by Gasteiger charge is -2.17. The van der Waals surface area contributed by atoms with Crippen molar-refractivity contribution >= 4 is 17.0 Å². The van der Waals surface area contributed by atoms with E-state index in [9.17, 15) is 15.3 Å². The highest BCUT2D eigenvalue weighted by atomic mass is 16.6. The Kier molecular flexibility index (Phi) is 5.73. The number of benzene rings is 2. The molecule has 0 radical (unpaired) electrons. The Bertz CT molecular complexity index is 1240. The number of nitrogens with zero attached hydrogens (tertiary/aromatic N) is 5. The third kappa shape index (κ3) is 3.93. The highest BCUT2D eigenvalue weighted by Crippen LogP contribution is 2.33. The van der Waals surface area contributed by atoms with Crippen molar-refractivity contribution in [3.05, 3.63) is 66.2 Å². The molecule has 4 aromatic rings. The maximum Gasteiger partial charge on any atom is 0.187 e. The van der Waals surface area contributed by atoms with Crippen molar-refractivity contribution in [3.8, 4) is 11.4 Å². The third-order valence-corrected chi connectivity index (χ3v) is 5.77. The molecular formula is C23H24N6O4. The van der Waals surface area contributed by atoms with Gasteiger partial charge in [-0.05, 0) is 12.5 Å². The minimum absolute atomic E-state index is 0.0769. The largest absolute Gasteiger partial charge is 0.394 e. The molecule has 1 saturated heterocycles. The third-order valence-electron chi connectivity index (χ3n) is 5.77. The molecule has 1 aliphatic rings. The second-order valence-electron chi connectivity index (χ2n) is 7.97. The van der Waals surface area contributed by atoms with E-state index in [0.29, 0.717) is 22.8 Å². The number of aliphatic hydroxyl groups excluding tert-OH is 3. The topological polar surface area (TPSA) is 138 Å². The van der Waals surface area contributed by atoms with Crippen molar-refractivity contribution in [2.75, 3.05) is 11.9 Å². The molecule has 10 heteroatoms. The predicted octanol–water partition coefficient (Wildman–Crippen LogP) is 1.67. The average molecular weight is 448 g/mol. The van der Waals surface area contributed by atoms with Crippen LogP contribution in [0.3, 0.4) is 0 Å². The molecule has 0 amide bonds. The number of hydrogen-bond acceptors (Lipinski definition) is 9. The van der Waals surface area contributed by atoms with Gasteiger partial charge in [-0.25, -0.2) is 9.97 Å². The Labute approximate surface area is 189 Å². The van der Waals surface area contributed by atoms with Crippen LogP contribution in [0.25, 0.3) is 22.6 Å². The average Bonchev–Trinajstić information content (AvgIpc) is 3.41. The van der Waals surface area contributed by atoms with Crippen LogP contribution in [-0.2, 0) is 4.74 Å². The smallest absolute Gasteiger partial charge is 0.187 e. The standard InChI is InChI=1S/C23H24N6O4/c1-13(14-8-4-2-5-9-14)24-21-17-22(26-20(25-21)15-10-6-3-7-11-15)29(28-27-17)23-19(32)18(31)16(12-30)33-23/h2-11,13,16,18-19,23,30-32H,12H2,1H3,(H,24,25,26)/t13-,16-,18-,19-,23-/m1/s1. The van der Waals surface area contributed by atoms with Crippen LogP contribution in [-0.4, -0.2) is 65.2 Å². The molecule has 4 N–H and O–H groups in total. The Balaban J connectivity index is 1.61. The van der Waals surface area contributed by atoms with Crippen LogP contribution in [0.4, 0.5) is 5.82 Å². The molecule has 170 valence electrons. The van der Waals surface area contributed by atoms with E-state index in [2.05, 4.69) is 20.6 Å². The van der Waals surface area contributed by atoms with Crippen LogP contribution in [0.1, 0.15) is 24.8 Å². The monoisotopic (exact) mass is 448 g/mol. The number of hydrogen-bond donors (Lipinski definition) is 4. The fourth-order valence-corrected chi connectivity index (χ4v) is 3.93. The molecule has 1 fully saturated rings. The Morgan fingerprint density at radius 2 is 1.70 bits per heavy atom. The van der Waals surface area contributed by atoms with E-state index < -0.39 is 31.1 Å². The molecular weight excluding hydrogens is 424 g/mol. The highest BCUT2D eigenvalue weighted by molar-refractivity contribution is 5.84. The second kappa shape index (κ2) is 8.83. The fraction of sp³-hybridized carbons (Fsp3) is 0.304. The SMILES string of the molecule is C[C@@H](Nc1nc(-c2ccccc2)nc2c1nnn2[C@@H]1O[C@H](CO)[C@@H](O)[C@H]1O)c1ccccc1. The van der Waals surface area contributed by atoms with Crippen LogP contribution in [0, 0.1) is 0 Å². The molecule has 0 unspecified atom stereocenters. The van der Waals surface area contributed by atoms with Gasteiger partial charge in [0.15, 0.2) is 29.0 Å². The van der Waals surface area contributed by atoms with Crippen molar-refractivity contribution in [1.29, 1.82) is 0 Å². The molecule has 3 heterocycles. The van der Waals surface area contributed by atoms with Crippen LogP contribution < -0.4 is 5.32 Å². The highest BCUT2D eigenvalue weighted by Gasteiger charge is 2.44. The summed E-state index contributed by atoms with van der Waals surface area (Å²) in [6.07, 6.45) is -4.55. The van der Waals surface area contributed by atoms with Gasteiger partial charge < -0.3 is 25.4 Å². The first-order valence-corrected chi connectivity index (χ1v) is 10.7. The summed E-state index contributed by atoms with van der Waals surface area (Å²) >= 11 is 0. The first-order chi connectivity index (χ1) is 16.1. The van der Waals surface area contributed by atoms with Crippen LogP contribution in [0.2, 0.25) is 0 Å². The molecule has 0 saturated carbocycles. The van der Waals surface area contributed by atoms with E-state index in [1.54, 1.807) is 0 Å². The van der Waals surface area contributed by atoms with Gasteiger partial charge in [-0.15, -0.1) is 5.10 Å². The molecule has 0 aliphatic carbocycles. The van der Waals surface area contributed by atoms with Crippen LogP contribution in [0.5, 0.6) is 0 Å². The molecule has 33 heavy (non-hydrogen) atoms. The van der Waals surface area contributed by atoms with Crippen LogP contribution in [0.15, 0.2) is 60.7 Å². The first kappa shape index (κ1) is 21.4. The number of ether oxygens (including phenoxy) is 1. The van der Waals surface area contributed by atoms with Crippen molar-refractivity contribution in [2.24, 2.45) is 0 Å². The van der Waals surface area contributed by atoms with Gasteiger partial charge in [0.05, 0.1) is 12.6 Å². The minimum atomic E-state index is -1.30. The Morgan fingerprint density at radius 1 is 1.00 bits per heavy atom. The number of fused-ring (bicyclic) bond motifs is 1. The summed E-state index contributed by atoms with van der Waals surface area (Å²) in [5.74, 6) is 0.925. The Morgan fingerprint density at radius 3 is 2.36 bits per heavy atom. The zero-order valence-corrected chi connectivity index (χ0v) is 17.9. The van der Waals surface area contributed by atoms with E-state index in [1.165, 1.54) is 4.68 Å². The van der Waals surface area contributed by atoms with Gasteiger partial charge in [0, 0.05) is 5.56 Å². The Hall–Kier alpha value is -3.44. The van der Waals surface area contributed by atoms with Gasteiger partial charge in [0.1, 0.15) is 18.3 Å². The number of anilines is 1. The van der Waals surface area contributed by atoms with E-state index >= 15 is 0 Å². The van der Waals surface area contributed by atoms with E-state index in [-0.39, 0.29) is 6.04 Å². The summed E-state index contributed by atoms with van der Waals surface area (Å²) in [6, 6.07) is 19.3. The molecule has 1 aliphatic heterocycles. The number of nitrogens with one attached hydrogen (secondary N) is 1. The van der Waals surface area contributed by atoms with Gasteiger partial charge in [0.2, 0.25) is 0 Å². The minimum Gasteiger partial charge on any atom is -0.394 e. The van der Waals surface area contributed by atoms with Crippen molar-refractivity contribution < 1.29 is 20.1 Å². The van der Waals surface area contributed by atoms with Gasteiger partial charge >= 0.3 is 0 Å². The molecule has 5 atom stereocenters. The predicted molar refractivity (Wildman–Crippen MR) is 120 cm³/mol. The molecule has 0 bridgehead atoms. The summed E-state index contributed by atoms with van der Waals surface area (Å²) in [4.78, 5) is 9.36. The van der Waals surface area contributed by atoms with Crippen LogP contribution >= 0.6 is 0 Å². The maximum absolute atomic E-state index is 10.5. The van der Waals surface area contributed by atoms with Crippen molar-refractivity contribution in [2.45, 2.75) is 37.5 Å². The van der Waals surface area contributed by atoms with Gasteiger partial charge in [-0.1, -0.05) is 65.9 Å². The summed E-state index contributed by atoms with van der Waals surface area (Å²) < 4.78 is 6.98. The molecule has 2 aromatic heterocycles. The number of rotatable bonds is 6. The lowest BCUT2D eigenvalue weighted by molar-refractivity contribution is -0.0574. The van der Waals surface area contributed by atoms with E-state index in [0.717, 1.165) is 11.1 Å². The summed E-state index contributed by atoms with van der Waals surface area (Å²) in [5.41, 5.74) is 2.60. The molecule has 2 aromatic carbocycles. The van der Waals surface area contributed by atoms with E-state index in [4.69, 9.17) is 9.72 Å². The lowest BCUT2D eigenvalue weighted by atomic mass is 10.1. The number of aromatic nitrogens is 5. The van der Waals surface area contributed by atoms with Crippen molar-refractivity contribution in [3.63, 3.8) is 0 Å². The zero-order valence-electron chi connectivity index (χ0n) is 17.9. The maximum atomic E-state index is 10.5. The number of aliphatic hydroxyl groups is 3. The zero-order chi connectivity index (χ0) is 22.9. The van der Waals surface area contributed by atoms with Gasteiger partial charge in [-0.3, -0.25) is 0 Å². The van der Waals surface area contributed by atoms with Gasteiger partial charge in [-0.2, -0.15) is 4.68 Å². The fourth-order valence-electron chi connectivity index (χ4n) is 3.93. The lowest BCUT2D eigenvalue weighted by Crippen LogP contribution is -2.33. The quantitative estimate of drug-likeness (QED) is 0.347. The second-order valence-corrected chi connectivity index (χ2v) is 7.97. The summed E-state index contributed by atoms with van der Waals surface area (Å²) in [5, 5.41) is 41.9. The molecule has 10 nitrogen and oxygen atoms in total. The van der Waals surface area contributed by atoms with Crippen molar-refractivity contribution in [1.82, 2.24) is 25.0 Å². The van der Waals surface area contributed by atoms with Gasteiger partial charge in [0.25, 0.3) is 0 Å². The summed E-state index contributed by atoms with van der Waals surface area (Å²) in [7, 11) is 0. The molecule has 0 spiro atoms. The van der Waals surface area contributed by atoms with E-state index in [1.807, 2.05) is 67.6 Å².